The predicted molar refractivity (Wildman–Crippen MR) is 104 cm³/mol. The molecule has 0 amide bonds. The van der Waals surface area contributed by atoms with Crippen molar-refractivity contribution >= 4 is 23.9 Å². The van der Waals surface area contributed by atoms with Crippen molar-refractivity contribution in [1.29, 1.82) is 0 Å². The molecule has 1 saturated carbocycles. The van der Waals surface area contributed by atoms with Crippen molar-refractivity contribution in [3.63, 3.8) is 0 Å². The van der Waals surface area contributed by atoms with Gasteiger partial charge in [-0.15, -0.1) is 0 Å². The molecule has 7 heteroatoms. The van der Waals surface area contributed by atoms with E-state index in [9.17, 15) is 14.4 Å². The first-order valence-corrected chi connectivity index (χ1v) is 9.96. The molecule has 1 aliphatic carbocycles. The minimum atomic E-state index is -1.51. The minimum absolute atomic E-state index is 0.364. The largest absolute Gasteiger partial charge is 0.466 e. The SMILES string of the molecule is C/C=C(\C(=O)OC)C1CC2OC(=O)C1(C=O)C13CCNC21N(C)c1ccccc13. The van der Waals surface area contributed by atoms with Crippen molar-refractivity contribution in [2.24, 2.45) is 11.3 Å². The van der Waals surface area contributed by atoms with E-state index in [1.165, 1.54) is 7.11 Å². The fourth-order valence-electron chi connectivity index (χ4n) is 6.92. The van der Waals surface area contributed by atoms with E-state index in [-0.39, 0.29) is 0 Å². The summed E-state index contributed by atoms with van der Waals surface area (Å²) in [4.78, 5) is 41.1. The van der Waals surface area contributed by atoms with Crippen LogP contribution in [0.4, 0.5) is 5.69 Å². The average molecular weight is 396 g/mol. The molecule has 1 aromatic carbocycles. The lowest BCUT2D eigenvalue weighted by Gasteiger charge is -2.64. The molecule has 2 bridgehead atoms. The third-order valence-corrected chi connectivity index (χ3v) is 7.85. The Kier molecular flexibility index (Phi) is 3.60. The molecule has 152 valence electrons. The topological polar surface area (TPSA) is 84.9 Å². The molecule has 4 heterocycles. The molecule has 7 nitrogen and oxygen atoms in total. The van der Waals surface area contributed by atoms with Crippen molar-refractivity contribution in [1.82, 2.24) is 5.32 Å². The second kappa shape index (κ2) is 5.69. The summed E-state index contributed by atoms with van der Waals surface area (Å²) in [6.07, 6.45) is 2.90. The molecule has 29 heavy (non-hydrogen) atoms. The van der Waals surface area contributed by atoms with Crippen molar-refractivity contribution < 1.29 is 23.9 Å². The van der Waals surface area contributed by atoms with E-state index in [2.05, 4.69) is 10.2 Å². The Morgan fingerprint density at radius 2 is 2.14 bits per heavy atom. The van der Waals surface area contributed by atoms with Gasteiger partial charge in [0.25, 0.3) is 0 Å². The van der Waals surface area contributed by atoms with Gasteiger partial charge in [0.05, 0.1) is 12.5 Å². The van der Waals surface area contributed by atoms with Crippen LogP contribution in [0.3, 0.4) is 0 Å². The standard InChI is InChI=1S/C22H24N2O5/c1-4-13(18(26)28-3)15-11-17-22-21(9-10-23-22,20(15,12-25)19(27)29-17)14-7-5-6-8-16(14)24(22)2/h4-8,12,15,17,23H,9-11H2,1-3H3/b13-4-. The number of nitrogens with one attached hydrogen (secondary N) is 1. The molecule has 0 radical (unpaired) electrons. The lowest BCUT2D eigenvalue weighted by atomic mass is 9.43. The molecule has 5 atom stereocenters. The average Bonchev–Trinajstić information content (AvgIpc) is 3.26. The van der Waals surface area contributed by atoms with Gasteiger partial charge in [-0.05, 0) is 37.9 Å². The normalized spacial score (nSPS) is 39.5. The van der Waals surface area contributed by atoms with Crippen LogP contribution >= 0.6 is 0 Å². The lowest BCUT2D eigenvalue weighted by Crippen LogP contribution is -2.82. The number of nitrogens with zero attached hydrogens (tertiary/aromatic N) is 1. The van der Waals surface area contributed by atoms with Gasteiger partial charge in [0.1, 0.15) is 23.5 Å². The quantitative estimate of drug-likeness (QED) is 0.357. The van der Waals surface area contributed by atoms with Gasteiger partial charge in [0, 0.05) is 24.2 Å². The Balaban J connectivity index is 1.85. The molecule has 4 aliphatic heterocycles. The summed E-state index contributed by atoms with van der Waals surface area (Å²) in [5.74, 6) is -1.65. The molecular formula is C22H24N2O5. The minimum Gasteiger partial charge on any atom is -0.466 e. The van der Waals surface area contributed by atoms with Crippen LogP contribution in [0.2, 0.25) is 0 Å². The Morgan fingerprint density at radius 3 is 2.83 bits per heavy atom. The zero-order valence-corrected chi connectivity index (χ0v) is 16.7. The third kappa shape index (κ3) is 1.65. The number of carbonyl (C=O) groups is 3. The fraction of sp³-hybridized carbons (Fsp3) is 0.500. The second-order valence-electron chi connectivity index (χ2n) is 8.33. The number of benzene rings is 1. The maximum Gasteiger partial charge on any atom is 0.333 e. The fourth-order valence-corrected chi connectivity index (χ4v) is 6.92. The second-order valence-corrected chi connectivity index (χ2v) is 8.33. The Hall–Kier alpha value is -2.67. The van der Waals surface area contributed by atoms with E-state index in [4.69, 9.17) is 9.47 Å². The first-order chi connectivity index (χ1) is 14.0. The zero-order chi connectivity index (χ0) is 20.6. The monoisotopic (exact) mass is 396 g/mol. The molecule has 6 rings (SSSR count). The molecule has 1 aromatic rings. The van der Waals surface area contributed by atoms with Crippen LogP contribution in [0, 0.1) is 11.3 Å². The van der Waals surface area contributed by atoms with Crippen LogP contribution in [0.25, 0.3) is 0 Å². The Labute approximate surface area is 169 Å². The Bertz CT molecular complexity index is 974. The summed E-state index contributed by atoms with van der Waals surface area (Å²) in [5.41, 5.74) is -0.735. The summed E-state index contributed by atoms with van der Waals surface area (Å²) >= 11 is 0. The number of hydrogen-bond donors (Lipinski definition) is 1. The molecule has 1 N–H and O–H groups in total. The summed E-state index contributed by atoms with van der Waals surface area (Å²) in [6.45, 7) is 2.39. The molecule has 4 fully saturated rings. The van der Waals surface area contributed by atoms with Crippen molar-refractivity contribution in [2.75, 3.05) is 25.6 Å². The van der Waals surface area contributed by atoms with Crippen LogP contribution < -0.4 is 10.2 Å². The molecule has 0 aromatic heterocycles. The number of ether oxygens (including phenoxy) is 2. The van der Waals surface area contributed by atoms with E-state index in [0.717, 1.165) is 17.5 Å². The number of carbonyl (C=O) groups excluding carboxylic acids is 3. The highest BCUT2D eigenvalue weighted by Gasteiger charge is 2.85. The van der Waals surface area contributed by atoms with E-state index < -0.39 is 40.5 Å². The number of aldehydes is 1. The first-order valence-electron chi connectivity index (χ1n) is 9.96. The van der Waals surface area contributed by atoms with Gasteiger partial charge < -0.3 is 19.2 Å². The number of fused-ring (bicyclic) bond motifs is 3. The van der Waals surface area contributed by atoms with Gasteiger partial charge in [-0.1, -0.05) is 24.3 Å². The van der Waals surface area contributed by atoms with E-state index in [0.29, 0.717) is 25.0 Å². The van der Waals surface area contributed by atoms with Gasteiger partial charge in [0.15, 0.2) is 0 Å². The van der Waals surface area contributed by atoms with Gasteiger partial charge in [-0.3, -0.25) is 10.1 Å². The van der Waals surface area contributed by atoms with Crippen LogP contribution in [-0.4, -0.2) is 50.7 Å². The van der Waals surface area contributed by atoms with E-state index in [1.54, 1.807) is 13.0 Å². The van der Waals surface area contributed by atoms with Gasteiger partial charge in [-0.25, -0.2) is 4.79 Å². The highest BCUT2D eigenvalue weighted by atomic mass is 16.6. The molecular weight excluding hydrogens is 372 g/mol. The maximum absolute atomic E-state index is 13.5. The highest BCUT2D eigenvalue weighted by molar-refractivity contribution is 6.03. The number of rotatable bonds is 3. The van der Waals surface area contributed by atoms with Gasteiger partial charge in [0.2, 0.25) is 0 Å². The van der Waals surface area contributed by atoms with E-state index in [1.807, 2.05) is 31.3 Å². The lowest BCUT2D eigenvalue weighted by molar-refractivity contribution is -0.218. The molecule has 5 unspecified atom stereocenters. The highest BCUT2D eigenvalue weighted by Crippen LogP contribution is 2.72. The number of anilines is 1. The first kappa shape index (κ1) is 18.4. The number of methoxy groups -OCH3 is 1. The predicted octanol–water partition coefficient (Wildman–Crippen LogP) is 1.31. The maximum atomic E-state index is 13.5. The Morgan fingerprint density at radius 1 is 1.38 bits per heavy atom. The summed E-state index contributed by atoms with van der Waals surface area (Å²) in [7, 11) is 3.30. The van der Waals surface area contributed by atoms with Crippen LogP contribution in [0.5, 0.6) is 0 Å². The zero-order valence-electron chi connectivity index (χ0n) is 16.7. The number of para-hydroxylation sites is 1. The number of esters is 2. The summed E-state index contributed by atoms with van der Waals surface area (Å²) < 4.78 is 10.9. The number of hydrogen-bond acceptors (Lipinski definition) is 7. The summed E-state index contributed by atoms with van der Waals surface area (Å²) in [6, 6.07) is 7.91. The molecule has 5 aliphatic rings. The van der Waals surface area contributed by atoms with Crippen LogP contribution in [0.1, 0.15) is 25.3 Å². The van der Waals surface area contributed by atoms with Crippen LogP contribution in [0.15, 0.2) is 35.9 Å². The van der Waals surface area contributed by atoms with E-state index >= 15 is 0 Å². The van der Waals surface area contributed by atoms with Crippen molar-refractivity contribution in [2.45, 2.75) is 36.9 Å². The molecule has 0 spiro atoms. The van der Waals surface area contributed by atoms with Gasteiger partial charge >= 0.3 is 11.9 Å². The van der Waals surface area contributed by atoms with Gasteiger partial charge in [-0.2, -0.15) is 0 Å². The molecule has 3 saturated heterocycles. The number of likely N-dealkylation sites (N-methyl/N-ethyl adjacent to an activating group) is 1. The van der Waals surface area contributed by atoms with Crippen molar-refractivity contribution in [3.8, 4) is 0 Å². The van der Waals surface area contributed by atoms with Crippen molar-refractivity contribution in [3.05, 3.63) is 41.5 Å². The number of allylic oxidation sites excluding steroid dienone is 1. The summed E-state index contributed by atoms with van der Waals surface area (Å²) in [5, 5.41) is 3.61. The van der Waals surface area contributed by atoms with Crippen LogP contribution in [-0.2, 0) is 29.3 Å². The smallest absolute Gasteiger partial charge is 0.333 e. The third-order valence-electron chi connectivity index (χ3n) is 7.85.